The third-order valence-corrected chi connectivity index (χ3v) is 3.99. The molecule has 1 atom stereocenters. The van der Waals surface area contributed by atoms with Gasteiger partial charge in [0.2, 0.25) is 5.91 Å². The maximum absolute atomic E-state index is 12.2. The zero-order valence-corrected chi connectivity index (χ0v) is 12.0. The molecule has 2 N–H and O–H groups in total. The summed E-state index contributed by atoms with van der Waals surface area (Å²) in [5.74, 6) is 1.62. The van der Waals surface area contributed by atoms with Crippen molar-refractivity contribution in [2.24, 2.45) is 23.0 Å². The lowest BCUT2D eigenvalue weighted by Crippen LogP contribution is -2.52. The summed E-state index contributed by atoms with van der Waals surface area (Å²) in [4.78, 5) is 14.2. The van der Waals surface area contributed by atoms with E-state index in [2.05, 4.69) is 13.8 Å². The van der Waals surface area contributed by atoms with Gasteiger partial charge in [0.1, 0.15) is 0 Å². The van der Waals surface area contributed by atoms with Crippen LogP contribution >= 0.6 is 0 Å². The van der Waals surface area contributed by atoms with Gasteiger partial charge in [-0.25, -0.2) is 0 Å². The Kier molecular flexibility index (Phi) is 4.59. The Morgan fingerprint density at radius 1 is 1.24 bits per heavy atom. The van der Waals surface area contributed by atoms with Crippen molar-refractivity contribution in [3.05, 3.63) is 0 Å². The van der Waals surface area contributed by atoms with Gasteiger partial charge >= 0.3 is 0 Å². The highest BCUT2D eigenvalue weighted by Gasteiger charge is 2.33. The van der Waals surface area contributed by atoms with Gasteiger partial charge in [-0.15, -0.1) is 0 Å². The third kappa shape index (κ3) is 3.70. The molecule has 17 heavy (non-hydrogen) atoms. The highest BCUT2D eigenvalue weighted by Crippen LogP contribution is 2.26. The van der Waals surface area contributed by atoms with Crippen LogP contribution in [0.25, 0.3) is 0 Å². The van der Waals surface area contributed by atoms with Crippen LogP contribution in [0.15, 0.2) is 0 Å². The Labute approximate surface area is 106 Å². The number of piperidine rings is 1. The van der Waals surface area contributed by atoms with E-state index in [0.29, 0.717) is 0 Å². The van der Waals surface area contributed by atoms with Gasteiger partial charge in [-0.05, 0) is 30.1 Å². The number of hydrogen-bond acceptors (Lipinski definition) is 2. The van der Waals surface area contributed by atoms with Crippen molar-refractivity contribution >= 4 is 5.91 Å². The number of nitrogens with zero attached hydrogens (tertiary/aromatic N) is 1. The van der Waals surface area contributed by atoms with E-state index >= 15 is 0 Å². The van der Waals surface area contributed by atoms with E-state index in [1.54, 1.807) is 0 Å². The van der Waals surface area contributed by atoms with Gasteiger partial charge in [-0.3, -0.25) is 4.79 Å². The number of carbonyl (C=O) groups is 1. The second-order valence-electron chi connectivity index (χ2n) is 6.75. The Morgan fingerprint density at radius 2 is 1.71 bits per heavy atom. The molecule has 1 rings (SSSR count). The fourth-order valence-corrected chi connectivity index (χ4v) is 2.35. The van der Waals surface area contributed by atoms with Crippen molar-refractivity contribution in [1.82, 2.24) is 4.90 Å². The van der Waals surface area contributed by atoms with Crippen LogP contribution in [0.1, 0.15) is 47.5 Å². The normalized spacial score (nSPS) is 20.8. The van der Waals surface area contributed by atoms with E-state index in [4.69, 9.17) is 5.73 Å². The molecular formula is C14H28N2O. The van der Waals surface area contributed by atoms with E-state index in [-0.39, 0.29) is 17.4 Å². The predicted octanol–water partition coefficient (Wildman–Crippen LogP) is 2.25. The minimum atomic E-state index is -0.377. The van der Waals surface area contributed by atoms with Crippen LogP contribution < -0.4 is 5.73 Å². The summed E-state index contributed by atoms with van der Waals surface area (Å²) in [7, 11) is 0. The van der Waals surface area contributed by atoms with E-state index in [1.807, 2.05) is 25.7 Å². The molecule has 0 spiro atoms. The average molecular weight is 240 g/mol. The van der Waals surface area contributed by atoms with E-state index in [9.17, 15) is 4.79 Å². The molecule has 1 amide bonds. The Morgan fingerprint density at radius 3 is 2.06 bits per heavy atom. The van der Waals surface area contributed by atoms with Crippen molar-refractivity contribution < 1.29 is 4.79 Å². The predicted molar refractivity (Wildman–Crippen MR) is 71.6 cm³/mol. The number of likely N-dealkylation sites (tertiary alicyclic amines) is 1. The molecule has 1 heterocycles. The molecule has 1 fully saturated rings. The maximum atomic E-state index is 12.2. The lowest BCUT2D eigenvalue weighted by atomic mass is 9.84. The largest absolute Gasteiger partial charge is 0.341 e. The van der Waals surface area contributed by atoms with Gasteiger partial charge < -0.3 is 10.6 Å². The average Bonchev–Trinajstić information content (AvgIpc) is 2.26. The standard InChI is InChI=1S/C14H28N2O/c1-10(2)11-6-8-16(9-7-11)13(17)12(15)14(3,4)5/h10-12H,6-9,15H2,1-5H3/t12-/m1/s1. The minimum Gasteiger partial charge on any atom is -0.341 e. The summed E-state index contributed by atoms with van der Waals surface area (Å²) < 4.78 is 0. The number of amides is 1. The van der Waals surface area contributed by atoms with Gasteiger partial charge in [0.25, 0.3) is 0 Å². The fraction of sp³-hybridized carbons (Fsp3) is 0.929. The van der Waals surface area contributed by atoms with Crippen molar-refractivity contribution in [3.63, 3.8) is 0 Å². The first kappa shape index (κ1) is 14.5. The molecule has 0 aliphatic carbocycles. The number of nitrogens with two attached hydrogens (primary N) is 1. The van der Waals surface area contributed by atoms with Crippen LogP contribution in [-0.4, -0.2) is 29.9 Å². The van der Waals surface area contributed by atoms with E-state index < -0.39 is 0 Å². The number of hydrogen-bond donors (Lipinski definition) is 1. The van der Waals surface area contributed by atoms with Crippen molar-refractivity contribution in [3.8, 4) is 0 Å². The number of carbonyl (C=O) groups excluding carboxylic acids is 1. The molecule has 0 saturated carbocycles. The first-order chi connectivity index (χ1) is 7.73. The van der Waals surface area contributed by atoms with E-state index in [0.717, 1.165) is 37.8 Å². The Balaban J connectivity index is 2.52. The molecule has 0 unspecified atom stereocenters. The molecular weight excluding hydrogens is 212 g/mol. The molecule has 1 saturated heterocycles. The smallest absolute Gasteiger partial charge is 0.240 e. The van der Waals surface area contributed by atoms with Crippen LogP contribution in [0.5, 0.6) is 0 Å². The van der Waals surface area contributed by atoms with Gasteiger partial charge in [-0.1, -0.05) is 34.6 Å². The van der Waals surface area contributed by atoms with Crippen LogP contribution in [0.2, 0.25) is 0 Å². The van der Waals surface area contributed by atoms with Crippen molar-refractivity contribution in [1.29, 1.82) is 0 Å². The molecule has 3 nitrogen and oxygen atoms in total. The highest BCUT2D eigenvalue weighted by molar-refractivity contribution is 5.82. The van der Waals surface area contributed by atoms with Gasteiger partial charge in [0.15, 0.2) is 0 Å². The highest BCUT2D eigenvalue weighted by atomic mass is 16.2. The molecule has 3 heteroatoms. The summed E-state index contributed by atoms with van der Waals surface area (Å²) in [6.45, 7) is 12.4. The van der Waals surface area contributed by atoms with Crippen LogP contribution in [0.4, 0.5) is 0 Å². The van der Waals surface area contributed by atoms with Crippen molar-refractivity contribution in [2.45, 2.75) is 53.5 Å². The zero-order valence-electron chi connectivity index (χ0n) is 12.0. The molecule has 1 aliphatic rings. The van der Waals surface area contributed by atoms with E-state index in [1.165, 1.54) is 0 Å². The second kappa shape index (κ2) is 5.38. The van der Waals surface area contributed by atoms with Crippen LogP contribution in [-0.2, 0) is 4.79 Å². The van der Waals surface area contributed by atoms with Gasteiger partial charge in [0.05, 0.1) is 6.04 Å². The summed E-state index contributed by atoms with van der Waals surface area (Å²) in [5, 5.41) is 0. The molecule has 0 aromatic heterocycles. The van der Waals surface area contributed by atoms with Gasteiger partial charge in [0, 0.05) is 13.1 Å². The molecule has 1 aliphatic heterocycles. The lowest BCUT2D eigenvalue weighted by Gasteiger charge is -2.37. The molecule has 0 radical (unpaired) electrons. The SMILES string of the molecule is CC(C)C1CCN(C(=O)[C@@H](N)C(C)(C)C)CC1. The summed E-state index contributed by atoms with van der Waals surface area (Å²) in [6.07, 6.45) is 2.25. The maximum Gasteiger partial charge on any atom is 0.240 e. The molecule has 0 bridgehead atoms. The van der Waals surface area contributed by atoms with Crippen LogP contribution in [0.3, 0.4) is 0 Å². The fourth-order valence-electron chi connectivity index (χ4n) is 2.35. The topological polar surface area (TPSA) is 46.3 Å². The summed E-state index contributed by atoms with van der Waals surface area (Å²) >= 11 is 0. The van der Waals surface area contributed by atoms with Crippen LogP contribution in [0, 0.1) is 17.3 Å². The second-order valence-corrected chi connectivity index (χ2v) is 6.75. The third-order valence-electron chi connectivity index (χ3n) is 3.99. The monoisotopic (exact) mass is 240 g/mol. The quantitative estimate of drug-likeness (QED) is 0.804. The Hall–Kier alpha value is -0.570. The first-order valence-corrected chi connectivity index (χ1v) is 6.78. The molecule has 0 aromatic carbocycles. The minimum absolute atomic E-state index is 0.125. The lowest BCUT2D eigenvalue weighted by molar-refractivity contribution is -0.136. The molecule has 0 aromatic rings. The first-order valence-electron chi connectivity index (χ1n) is 6.78. The zero-order chi connectivity index (χ0) is 13.2. The summed E-state index contributed by atoms with van der Waals surface area (Å²) in [5.41, 5.74) is 5.88. The summed E-state index contributed by atoms with van der Waals surface area (Å²) in [6, 6.07) is -0.377. The van der Waals surface area contributed by atoms with Gasteiger partial charge in [-0.2, -0.15) is 0 Å². The molecule has 100 valence electrons. The van der Waals surface area contributed by atoms with Crippen molar-refractivity contribution in [2.75, 3.05) is 13.1 Å². The number of rotatable bonds is 2. The Bertz CT molecular complexity index is 260.